The second kappa shape index (κ2) is 4.78. The zero-order valence-corrected chi connectivity index (χ0v) is 10.6. The minimum atomic E-state index is -0.729. The predicted molar refractivity (Wildman–Crippen MR) is 74.8 cm³/mol. The molecule has 0 radical (unpaired) electrons. The maximum atomic E-state index is 10.5. The first-order chi connectivity index (χ1) is 9.25. The van der Waals surface area contributed by atoms with Crippen molar-refractivity contribution in [2.24, 2.45) is 0 Å². The summed E-state index contributed by atoms with van der Waals surface area (Å²) in [6.45, 7) is 1.93. The van der Waals surface area contributed by atoms with E-state index in [1.807, 2.05) is 55.5 Å². The SMILES string of the molecule is Cc1cc([C@H](O)c2ccccn2)c2ccccc2n1. The van der Waals surface area contributed by atoms with Crippen LogP contribution in [0.2, 0.25) is 0 Å². The number of nitrogens with zero attached hydrogens (tertiary/aromatic N) is 2. The summed E-state index contributed by atoms with van der Waals surface area (Å²) in [6, 6.07) is 15.3. The van der Waals surface area contributed by atoms with Crippen molar-refractivity contribution in [1.82, 2.24) is 9.97 Å². The van der Waals surface area contributed by atoms with Crippen LogP contribution in [0.5, 0.6) is 0 Å². The van der Waals surface area contributed by atoms with Crippen molar-refractivity contribution in [2.75, 3.05) is 0 Å². The number of para-hydroxylation sites is 1. The van der Waals surface area contributed by atoms with E-state index in [0.717, 1.165) is 22.2 Å². The van der Waals surface area contributed by atoms with Crippen LogP contribution in [0.3, 0.4) is 0 Å². The van der Waals surface area contributed by atoms with E-state index in [2.05, 4.69) is 9.97 Å². The quantitative estimate of drug-likeness (QED) is 0.760. The maximum Gasteiger partial charge on any atom is 0.122 e. The lowest BCUT2D eigenvalue weighted by Gasteiger charge is -2.14. The van der Waals surface area contributed by atoms with Crippen LogP contribution in [-0.2, 0) is 0 Å². The Labute approximate surface area is 111 Å². The lowest BCUT2D eigenvalue weighted by molar-refractivity contribution is 0.217. The van der Waals surface area contributed by atoms with Crippen LogP contribution in [-0.4, -0.2) is 15.1 Å². The molecule has 0 bridgehead atoms. The van der Waals surface area contributed by atoms with Crippen LogP contribution >= 0.6 is 0 Å². The van der Waals surface area contributed by atoms with Gasteiger partial charge in [0.25, 0.3) is 0 Å². The van der Waals surface area contributed by atoms with Gasteiger partial charge in [0, 0.05) is 17.3 Å². The van der Waals surface area contributed by atoms with Gasteiger partial charge in [0.15, 0.2) is 0 Å². The number of aliphatic hydroxyl groups excluding tert-OH is 1. The van der Waals surface area contributed by atoms with Crippen LogP contribution in [0.25, 0.3) is 10.9 Å². The Hall–Kier alpha value is -2.26. The zero-order valence-electron chi connectivity index (χ0n) is 10.6. The lowest BCUT2D eigenvalue weighted by atomic mass is 10.0. The third kappa shape index (κ3) is 2.20. The van der Waals surface area contributed by atoms with Gasteiger partial charge < -0.3 is 5.11 Å². The van der Waals surface area contributed by atoms with Crippen LogP contribution in [0.4, 0.5) is 0 Å². The molecule has 0 aliphatic carbocycles. The summed E-state index contributed by atoms with van der Waals surface area (Å²) in [4.78, 5) is 8.70. The van der Waals surface area contributed by atoms with Crippen molar-refractivity contribution in [1.29, 1.82) is 0 Å². The van der Waals surface area contributed by atoms with Gasteiger partial charge in [0.2, 0.25) is 0 Å². The van der Waals surface area contributed by atoms with Gasteiger partial charge in [0.1, 0.15) is 6.10 Å². The summed E-state index contributed by atoms with van der Waals surface area (Å²) in [7, 11) is 0. The fourth-order valence-electron chi connectivity index (χ4n) is 2.26. The number of pyridine rings is 2. The van der Waals surface area contributed by atoms with Gasteiger partial charge in [-0.05, 0) is 36.8 Å². The van der Waals surface area contributed by atoms with E-state index < -0.39 is 6.10 Å². The van der Waals surface area contributed by atoms with E-state index in [1.54, 1.807) is 6.20 Å². The van der Waals surface area contributed by atoms with Gasteiger partial charge in [-0.25, -0.2) is 0 Å². The molecular formula is C16H14N2O. The van der Waals surface area contributed by atoms with E-state index in [1.165, 1.54) is 0 Å². The summed E-state index contributed by atoms with van der Waals surface area (Å²) in [5.74, 6) is 0. The van der Waals surface area contributed by atoms with Crippen LogP contribution in [0.1, 0.15) is 23.1 Å². The molecule has 0 unspecified atom stereocenters. The topological polar surface area (TPSA) is 46.0 Å². The Balaban J connectivity index is 2.19. The van der Waals surface area contributed by atoms with E-state index >= 15 is 0 Å². The Morgan fingerprint density at radius 1 is 1.05 bits per heavy atom. The number of hydrogen-bond acceptors (Lipinski definition) is 3. The third-order valence-corrected chi connectivity index (χ3v) is 3.14. The van der Waals surface area contributed by atoms with Crippen molar-refractivity contribution >= 4 is 10.9 Å². The highest BCUT2D eigenvalue weighted by atomic mass is 16.3. The normalized spacial score (nSPS) is 12.5. The molecule has 2 heterocycles. The van der Waals surface area contributed by atoms with Gasteiger partial charge in [-0.2, -0.15) is 0 Å². The van der Waals surface area contributed by atoms with Crippen LogP contribution in [0, 0.1) is 6.92 Å². The summed E-state index contributed by atoms with van der Waals surface area (Å²) in [5, 5.41) is 11.5. The molecular weight excluding hydrogens is 236 g/mol. The average Bonchev–Trinajstić information content (AvgIpc) is 2.46. The van der Waals surface area contributed by atoms with Crippen molar-refractivity contribution in [3.63, 3.8) is 0 Å². The first kappa shape index (κ1) is 11.8. The molecule has 3 rings (SSSR count). The molecule has 0 spiro atoms. The molecule has 3 aromatic rings. The number of hydrogen-bond donors (Lipinski definition) is 1. The van der Waals surface area contributed by atoms with Gasteiger partial charge in [-0.1, -0.05) is 24.3 Å². The summed E-state index contributed by atoms with van der Waals surface area (Å²) >= 11 is 0. The van der Waals surface area contributed by atoms with E-state index in [-0.39, 0.29) is 0 Å². The molecule has 0 amide bonds. The van der Waals surface area contributed by atoms with Crippen molar-refractivity contribution in [3.8, 4) is 0 Å². The zero-order chi connectivity index (χ0) is 13.2. The highest BCUT2D eigenvalue weighted by Crippen LogP contribution is 2.27. The third-order valence-electron chi connectivity index (χ3n) is 3.14. The van der Waals surface area contributed by atoms with E-state index in [0.29, 0.717) is 5.69 Å². The average molecular weight is 250 g/mol. The molecule has 0 aliphatic heterocycles. The number of benzene rings is 1. The second-order valence-corrected chi connectivity index (χ2v) is 4.53. The number of aromatic nitrogens is 2. The molecule has 19 heavy (non-hydrogen) atoms. The van der Waals surface area contributed by atoms with Crippen LogP contribution < -0.4 is 0 Å². The highest BCUT2D eigenvalue weighted by Gasteiger charge is 2.15. The van der Waals surface area contributed by atoms with Crippen molar-refractivity contribution in [3.05, 3.63) is 71.7 Å². The van der Waals surface area contributed by atoms with Crippen LogP contribution in [0.15, 0.2) is 54.7 Å². The smallest absolute Gasteiger partial charge is 0.122 e. The van der Waals surface area contributed by atoms with Gasteiger partial charge >= 0.3 is 0 Å². The number of fused-ring (bicyclic) bond motifs is 1. The van der Waals surface area contributed by atoms with Gasteiger partial charge in [0.05, 0.1) is 11.2 Å². The summed E-state index contributed by atoms with van der Waals surface area (Å²) in [6.07, 6.45) is 0.960. The molecule has 1 aromatic carbocycles. The molecule has 3 nitrogen and oxygen atoms in total. The minimum absolute atomic E-state index is 0.651. The number of rotatable bonds is 2. The number of aliphatic hydroxyl groups is 1. The first-order valence-electron chi connectivity index (χ1n) is 6.21. The molecule has 0 fully saturated rings. The van der Waals surface area contributed by atoms with Gasteiger partial charge in [-0.15, -0.1) is 0 Å². The maximum absolute atomic E-state index is 10.5. The lowest BCUT2D eigenvalue weighted by Crippen LogP contribution is -2.04. The molecule has 0 saturated heterocycles. The molecule has 3 heteroatoms. The predicted octanol–water partition coefficient (Wildman–Crippen LogP) is 3.02. The largest absolute Gasteiger partial charge is 0.382 e. The Morgan fingerprint density at radius 2 is 1.84 bits per heavy atom. The Morgan fingerprint density at radius 3 is 2.63 bits per heavy atom. The molecule has 1 atom stereocenters. The first-order valence-corrected chi connectivity index (χ1v) is 6.21. The molecule has 2 aromatic heterocycles. The molecule has 1 N–H and O–H groups in total. The standard InChI is InChI=1S/C16H14N2O/c1-11-10-13(12-6-2-3-7-14(12)18-11)16(19)15-8-4-5-9-17-15/h2-10,16,19H,1H3/t16-/m0/s1. The Kier molecular flexibility index (Phi) is 2.97. The monoisotopic (exact) mass is 250 g/mol. The molecule has 0 aliphatic rings. The highest BCUT2D eigenvalue weighted by molar-refractivity contribution is 5.83. The number of aryl methyl sites for hydroxylation is 1. The molecule has 94 valence electrons. The second-order valence-electron chi connectivity index (χ2n) is 4.53. The molecule has 0 saturated carbocycles. The van der Waals surface area contributed by atoms with Gasteiger partial charge in [-0.3, -0.25) is 9.97 Å². The minimum Gasteiger partial charge on any atom is -0.382 e. The fourth-order valence-corrected chi connectivity index (χ4v) is 2.26. The van der Waals surface area contributed by atoms with E-state index in [4.69, 9.17) is 0 Å². The van der Waals surface area contributed by atoms with Crippen molar-refractivity contribution in [2.45, 2.75) is 13.0 Å². The Bertz CT molecular complexity index is 710. The summed E-state index contributed by atoms with van der Waals surface area (Å²) in [5.41, 5.74) is 3.29. The van der Waals surface area contributed by atoms with Crippen molar-refractivity contribution < 1.29 is 5.11 Å². The van der Waals surface area contributed by atoms with E-state index in [9.17, 15) is 5.11 Å². The fraction of sp³-hybridized carbons (Fsp3) is 0.125. The summed E-state index contributed by atoms with van der Waals surface area (Å²) < 4.78 is 0.